The van der Waals surface area contributed by atoms with Crippen molar-refractivity contribution in [2.24, 2.45) is 5.73 Å². The number of hydrogen-bond donors (Lipinski definition) is 1. The molecule has 1 aromatic rings. The second-order valence-electron chi connectivity index (χ2n) is 4.28. The minimum Gasteiger partial charge on any atom is -0.377 e. The maximum Gasteiger partial charge on any atom is 0.127 e. The Bertz CT molecular complexity index is 386. The van der Waals surface area contributed by atoms with Crippen molar-refractivity contribution in [1.29, 1.82) is 0 Å². The predicted molar refractivity (Wildman–Crippen MR) is 68.8 cm³/mol. The normalized spacial score (nSPS) is 24.2. The topological polar surface area (TPSA) is 35.2 Å². The molecule has 0 saturated carbocycles. The molecule has 4 heteroatoms. The first-order valence-electron chi connectivity index (χ1n) is 5.98. The van der Waals surface area contributed by atoms with E-state index in [2.05, 4.69) is 6.92 Å². The van der Waals surface area contributed by atoms with E-state index in [9.17, 15) is 4.39 Å². The van der Waals surface area contributed by atoms with Crippen LogP contribution in [0, 0.1) is 5.82 Å². The van der Waals surface area contributed by atoms with Gasteiger partial charge in [-0.3, -0.25) is 0 Å². The van der Waals surface area contributed by atoms with Gasteiger partial charge in [0.15, 0.2) is 0 Å². The zero-order valence-corrected chi connectivity index (χ0v) is 10.8. The predicted octanol–water partition coefficient (Wildman–Crippen LogP) is 2.60. The van der Waals surface area contributed by atoms with Gasteiger partial charge in [-0.05, 0) is 38.4 Å². The molecule has 1 aliphatic heterocycles. The molecule has 0 radical (unpaired) electrons. The largest absolute Gasteiger partial charge is 0.377 e. The quantitative estimate of drug-likeness (QED) is 0.898. The van der Waals surface area contributed by atoms with E-state index in [4.69, 9.17) is 10.5 Å². The Hall–Kier alpha value is -0.580. The lowest BCUT2D eigenvalue weighted by Gasteiger charge is -2.16. The van der Waals surface area contributed by atoms with Crippen molar-refractivity contribution in [1.82, 2.24) is 0 Å². The zero-order valence-electron chi connectivity index (χ0n) is 9.99. The molecule has 1 aliphatic rings. The highest BCUT2D eigenvalue weighted by Crippen LogP contribution is 2.35. The summed E-state index contributed by atoms with van der Waals surface area (Å²) in [6, 6.07) is 5.24. The van der Waals surface area contributed by atoms with Crippen LogP contribution in [0.2, 0.25) is 0 Å². The van der Waals surface area contributed by atoms with E-state index in [0.29, 0.717) is 18.2 Å². The van der Waals surface area contributed by atoms with Crippen LogP contribution in [0.5, 0.6) is 0 Å². The van der Waals surface area contributed by atoms with Crippen LogP contribution in [-0.4, -0.2) is 24.5 Å². The number of ether oxygens (including phenoxy) is 1. The Morgan fingerprint density at radius 2 is 2.35 bits per heavy atom. The molecule has 0 spiro atoms. The van der Waals surface area contributed by atoms with Gasteiger partial charge in [0.25, 0.3) is 0 Å². The summed E-state index contributed by atoms with van der Waals surface area (Å²) in [5, 5.41) is 0.424. The molecule has 94 valence electrons. The molecule has 1 aromatic carbocycles. The van der Waals surface area contributed by atoms with Crippen molar-refractivity contribution in [3.05, 3.63) is 29.6 Å². The fraction of sp³-hybridized carbons (Fsp3) is 0.538. The van der Waals surface area contributed by atoms with Crippen LogP contribution in [0.25, 0.3) is 0 Å². The molecule has 0 bridgehead atoms. The van der Waals surface area contributed by atoms with Crippen molar-refractivity contribution in [2.75, 3.05) is 13.2 Å². The fourth-order valence-electron chi connectivity index (χ4n) is 2.07. The average molecular weight is 255 g/mol. The van der Waals surface area contributed by atoms with Gasteiger partial charge in [0.1, 0.15) is 5.82 Å². The van der Waals surface area contributed by atoms with Gasteiger partial charge in [-0.15, -0.1) is 11.8 Å². The van der Waals surface area contributed by atoms with Crippen LogP contribution in [0.4, 0.5) is 4.39 Å². The van der Waals surface area contributed by atoms with Crippen LogP contribution >= 0.6 is 11.8 Å². The van der Waals surface area contributed by atoms with Gasteiger partial charge in [0.05, 0.1) is 6.10 Å². The summed E-state index contributed by atoms with van der Waals surface area (Å²) in [4.78, 5) is 1.01. The summed E-state index contributed by atoms with van der Waals surface area (Å²) < 4.78 is 19.2. The first kappa shape index (κ1) is 12.9. The number of hydrogen-bond acceptors (Lipinski definition) is 3. The van der Waals surface area contributed by atoms with Gasteiger partial charge in [-0.2, -0.15) is 0 Å². The first-order valence-corrected chi connectivity index (χ1v) is 6.86. The summed E-state index contributed by atoms with van der Waals surface area (Å²) in [5.74, 6) is -0.146. The van der Waals surface area contributed by atoms with E-state index in [1.54, 1.807) is 17.8 Å². The van der Waals surface area contributed by atoms with E-state index in [1.165, 1.54) is 6.07 Å². The Morgan fingerprint density at radius 3 is 3.00 bits per heavy atom. The molecule has 0 aliphatic carbocycles. The lowest BCUT2D eigenvalue weighted by Crippen LogP contribution is -2.14. The highest BCUT2D eigenvalue weighted by molar-refractivity contribution is 8.00. The number of thioether (sulfide) groups is 1. The van der Waals surface area contributed by atoms with Gasteiger partial charge < -0.3 is 10.5 Å². The molecule has 2 nitrogen and oxygen atoms in total. The molecule has 1 saturated heterocycles. The summed E-state index contributed by atoms with van der Waals surface area (Å²) >= 11 is 1.72. The third kappa shape index (κ3) is 3.00. The highest BCUT2D eigenvalue weighted by Gasteiger charge is 2.26. The molecule has 1 fully saturated rings. The maximum atomic E-state index is 13.7. The van der Waals surface area contributed by atoms with Crippen LogP contribution in [0.15, 0.2) is 23.1 Å². The van der Waals surface area contributed by atoms with Crippen LogP contribution in [0.1, 0.15) is 18.9 Å². The maximum absolute atomic E-state index is 13.7. The number of benzene rings is 1. The van der Waals surface area contributed by atoms with Crippen molar-refractivity contribution in [3.8, 4) is 0 Å². The standard InChI is InChI=1S/C13H18FNOS/c1-9-12(6-8-16-9)17-13-4-2-3-11(14)10(13)5-7-15/h2-4,9,12H,5-8,15H2,1H3. The Kier molecular flexibility index (Phi) is 4.42. The third-order valence-electron chi connectivity index (χ3n) is 3.06. The Morgan fingerprint density at radius 1 is 1.53 bits per heavy atom. The summed E-state index contributed by atoms with van der Waals surface area (Å²) in [6.45, 7) is 3.36. The first-order chi connectivity index (χ1) is 8.22. The van der Waals surface area contributed by atoms with E-state index in [-0.39, 0.29) is 11.9 Å². The number of nitrogens with two attached hydrogens (primary N) is 1. The summed E-state index contributed by atoms with van der Waals surface area (Å²) in [7, 11) is 0. The molecule has 2 unspecified atom stereocenters. The molecule has 2 N–H and O–H groups in total. The summed E-state index contributed by atoms with van der Waals surface area (Å²) in [6.07, 6.45) is 1.87. The molecular weight excluding hydrogens is 237 g/mol. The van der Waals surface area contributed by atoms with Crippen molar-refractivity contribution >= 4 is 11.8 Å². The van der Waals surface area contributed by atoms with E-state index in [0.717, 1.165) is 23.5 Å². The second-order valence-corrected chi connectivity index (χ2v) is 5.56. The Balaban J connectivity index is 2.16. The SMILES string of the molecule is CC1OCCC1Sc1cccc(F)c1CCN. The molecule has 2 rings (SSSR count). The molecule has 17 heavy (non-hydrogen) atoms. The van der Waals surface area contributed by atoms with Gasteiger partial charge in [0, 0.05) is 22.3 Å². The molecule has 0 amide bonds. The van der Waals surface area contributed by atoms with Crippen LogP contribution < -0.4 is 5.73 Å². The third-order valence-corrected chi connectivity index (χ3v) is 4.61. The number of rotatable bonds is 4. The summed E-state index contributed by atoms with van der Waals surface area (Å²) in [5.41, 5.74) is 6.28. The second kappa shape index (κ2) is 5.85. The van der Waals surface area contributed by atoms with E-state index in [1.807, 2.05) is 6.07 Å². The van der Waals surface area contributed by atoms with E-state index >= 15 is 0 Å². The molecule has 0 aromatic heterocycles. The van der Waals surface area contributed by atoms with Crippen LogP contribution in [-0.2, 0) is 11.2 Å². The zero-order chi connectivity index (χ0) is 12.3. The Labute approximate surface area is 106 Å². The van der Waals surface area contributed by atoms with Crippen LogP contribution in [0.3, 0.4) is 0 Å². The van der Waals surface area contributed by atoms with Gasteiger partial charge in [-0.25, -0.2) is 4.39 Å². The van der Waals surface area contributed by atoms with Crippen molar-refractivity contribution in [3.63, 3.8) is 0 Å². The average Bonchev–Trinajstić information content (AvgIpc) is 2.70. The highest BCUT2D eigenvalue weighted by atomic mass is 32.2. The van der Waals surface area contributed by atoms with Gasteiger partial charge >= 0.3 is 0 Å². The molecule has 1 heterocycles. The lowest BCUT2D eigenvalue weighted by atomic mass is 10.1. The van der Waals surface area contributed by atoms with Gasteiger partial charge in [-0.1, -0.05) is 6.07 Å². The lowest BCUT2D eigenvalue weighted by molar-refractivity contribution is 0.127. The molecule has 2 atom stereocenters. The van der Waals surface area contributed by atoms with Crippen molar-refractivity contribution < 1.29 is 9.13 Å². The fourth-order valence-corrected chi connectivity index (χ4v) is 3.38. The molecular formula is C13H18FNOS. The minimum absolute atomic E-state index is 0.146. The van der Waals surface area contributed by atoms with E-state index < -0.39 is 0 Å². The van der Waals surface area contributed by atoms with Crippen molar-refractivity contribution in [2.45, 2.75) is 36.0 Å². The van der Waals surface area contributed by atoms with Gasteiger partial charge in [0.2, 0.25) is 0 Å². The minimum atomic E-state index is -0.146. The smallest absolute Gasteiger partial charge is 0.127 e. The number of halogens is 1. The monoisotopic (exact) mass is 255 g/mol.